The van der Waals surface area contributed by atoms with E-state index in [1.165, 1.54) is 21.5 Å². The Kier molecular flexibility index (Phi) is 7.52. The van der Waals surface area contributed by atoms with Crippen molar-refractivity contribution in [3.05, 3.63) is 109 Å². The summed E-state index contributed by atoms with van der Waals surface area (Å²) >= 11 is 0. The van der Waals surface area contributed by atoms with Gasteiger partial charge in [-0.05, 0) is 73.1 Å². The molecule has 0 aliphatic heterocycles. The van der Waals surface area contributed by atoms with Gasteiger partial charge in [-0.2, -0.15) is 0 Å². The van der Waals surface area contributed by atoms with E-state index in [0.717, 1.165) is 63.8 Å². The maximum Gasteiger partial charge on any atom is 0.183 e. The fourth-order valence-corrected chi connectivity index (χ4v) is 6.28. The van der Waals surface area contributed by atoms with E-state index in [1.807, 2.05) is 0 Å². The molecule has 0 atom stereocenters. The molecule has 6 aromatic rings. The second-order valence-electron chi connectivity index (χ2n) is 11.7. The Bertz CT molecular complexity index is 1840. The molecule has 204 valence electrons. The molecule has 0 heterocycles. The van der Waals surface area contributed by atoms with Crippen molar-refractivity contribution in [1.82, 2.24) is 0 Å². The molecule has 4 heteroatoms. The molecule has 0 unspecified atom stereocenters. The van der Waals surface area contributed by atoms with Crippen molar-refractivity contribution in [3.63, 3.8) is 0 Å². The molecule has 0 radical (unpaired) electrons. The van der Waals surface area contributed by atoms with Crippen molar-refractivity contribution in [1.29, 1.82) is 0 Å². The minimum absolute atomic E-state index is 0.732. The zero-order valence-corrected chi connectivity index (χ0v) is 25.3. The van der Waals surface area contributed by atoms with Crippen LogP contribution < -0.4 is 0 Å². The maximum absolute atomic E-state index is 6.23. The van der Waals surface area contributed by atoms with Crippen LogP contribution in [-0.4, -0.2) is 26.3 Å². The number of rotatable bonds is 8. The van der Waals surface area contributed by atoms with Crippen molar-refractivity contribution >= 4 is 74.2 Å². The highest BCUT2D eigenvalue weighted by atomic mass is 28.4. The molecule has 0 aromatic heterocycles. The summed E-state index contributed by atoms with van der Waals surface area (Å²) in [6, 6.07) is 38.6. The number of hydrogen-bond acceptors (Lipinski definition) is 3. The summed E-state index contributed by atoms with van der Waals surface area (Å²) in [7, 11) is -1.60. The van der Waals surface area contributed by atoms with Gasteiger partial charge < -0.3 is 4.43 Å². The Morgan fingerprint density at radius 3 is 1.39 bits per heavy atom. The first-order valence-corrected chi connectivity index (χ1v) is 17.9. The third-order valence-corrected chi connectivity index (χ3v) is 8.59. The van der Waals surface area contributed by atoms with Gasteiger partial charge in [-0.1, -0.05) is 97.1 Å². The largest absolute Gasteiger partial charge is 0.418 e. The normalized spacial score (nSPS) is 13.1. The van der Waals surface area contributed by atoms with Gasteiger partial charge >= 0.3 is 0 Å². The summed E-state index contributed by atoms with van der Waals surface area (Å²) in [5, 5.41) is 9.41. The summed E-state index contributed by atoms with van der Waals surface area (Å²) in [5.74, 6) is 0. The highest BCUT2D eigenvalue weighted by Gasteiger charge is 2.16. The average molecular weight is 553 g/mol. The minimum Gasteiger partial charge on any atom is -0.418 e. The summed E-state index contributed by atoms with van der Waals surface area (Å²) in [4.78, 5) is 10.8. The first-order valence-electron chi connectivity index (χ1n) is 14.5. The number of aliphatic imine (C=N–C) groups is 2. The SMILES string of the molecule is CC(=Nc1c2ccccc2cc2ccccc12)C(CCCO[Si](C)(C)C)=Nc1c2ccccc2cc2ccccc12. The molecule has 0 N–H and O–H groups in total. The van der Waals surface area contributed by atoms with Crippen LogP contribution in [0.1, 0.15) is 19.8 Å². The first-order chi connectivity index (χ1) is 19.9. The van der Waals surface area contributed by atoms with Gasteiger partial charge in [0.15, 0.2) is 8.32 Å². The van der Waals surface area contributed by atoms with Crippen molar-refractivity contribution < 1.29 is 4.43 Å². The molecule has 0 saturated carbocycles. The number of nitrogens with zero attached hydrogens (tertiary/aromatic N) is 2. The molecule has 0 saturated heterocycles. The highest BCUT2D eigenvalue weighted by Crippen LogP contribution is 2.37. The Morgan fingerprint density at radius 2 is 0.976 bits per heavy atom. The molecule has 0 aliphatic rings. The second-order valence-corrected chi connectivity index (χ2v) is 16.2. The molecule has 3 nitrogen and oxygen atoms in total. The molecule has 0 amide bonds. The van der Waals surface area contributed by atoms with Crippen molar-refractivity contribution in [2.24, 2.45) is 9.98 Å². The third kappa shape index (κ3) is 5.85. The van der Waals surface area contributed by atoms with E-state index in [9.17, 15) is 0 Å². The van der Waals surface area contributed by atoms with Crippen LogP contribution in [0, 0.1) is 0 Å². The van der Waals surface area contributed by atoms with Crippen molar-refractivity contribution in [3.8, 4) is 0 Å². The third-order valence-electron chi connectivity index (χ3n) is 7.52. The van der Waals surface area contributed by atoms with Gasteiger partial charge in [-0.15, -0.1) is 0 Å². The number of hydrogen-bond donors (Lipinski definition) is 0. The highest BCUT2D eigenvalue weighted by molar-refractivity contribution is 6.69. The number of benzene rings is 6. The van der Waals surface area contributed by atoms with Crippen LogP contribution in [0.2, 0.25) is 19.6 Å². The average Bonchev–Trinajstić information content (AvgIpc) is 2.97. The molecule has 6 aromatic carbocycles. The minimum atomic E-state index is -1.60. The van der Waals surface area contributed by atoms with Gasteiger partial charge in [0.2, 0.25) is 0 Å². The predicted molar refractivity (Wildman–Crippen MR) is 181 cm³/mol. The molecule has 0 spiro atoms. The summed E-state index contributed by atoms with van der Waals surface area (Å²) in [6.45, 7) is 9.56. The molecule has 6 rings (SSSR count). The lowest BCUT2D eigenvalue weighted by Gasteiger charge is -2.17. The van der Waals surface area contributed by atoms with Gasteiger partial charge in [0.05, 0.1) is 22.8 Å². The number of fused-ring (bicyclic) bond motifs is 4. The van der Waals surface area contributed by atoms with E-state index < -0.39 is 8.32 Å². The Balaban J connectivity index is 1.54. The van der Waals surface area contributed by atoms with Crippen LogP contribution in [0.15, 0.2) is 119 Å². The summed E-state index contributed by atoms with van der Waals surface area (Å²) in [6.07, 6.45) is 1.69. The summed E-state index contributed by atoms with van der Waals surface area (Å²) < 4.78 is 6.23. The smallest absolute Gasteiger partial charge is 0.183 e. The molecule has 0 bridgehead atoms. The monoisotopic (exact) mass is 552 g/mol. The van der Waals surface area contributed by atoms with Gasteiger partial charge in [0.1, 0.15) is 0 Å². The van der Waals surface area contributed by atoms with Gasteiger partial charge in [0.25, 0.3) is 0 Å². The lowest BCUT2D eigenvalue weighted by molar-refractivity contribution is 0.307. The van der Waals surface area contributed by atoms with E-state index in [2.05, 4.69) is 136 Å². The molecule has 41 heavy (non-hydrogen) atoms. The van der Waals surface area contributed by atoms with E-state index in [4.69, 9.17) is 14.4 Å². The van der Waals surface area contributed by atoms with Crippen LogP contribution in [0.3, 0.4) is 0 Å². The van der Waals surface area contributed by atoms with Crippen LogP contribution >= 0.6 is 0 Å². The standard InChI is InChI=1S/C37H36N2OSi/c1-26(38-36-31-18-9-5-14-27(31)24-28-15-6-10-19-32(28)36)35(22-13-23-40-41(2,3)4)39-37-33-20-11-7-16-29(33)25-30-17-8-12-21-34(30)37/h5-12,14-21,24-25H,13,22-23H2,1-4H3. The van der Waals surface area contributed by atoms with E-state index in [-0.39, 0.29) is 0 Å². The predicted octanol–water partition coefficient (Wildman–Crippen LogP) is 10.8. The van der Waals surface area contributed by atoms with Crippen molar-refractivity contribution in [2.45, 2.75) is 39.4 Å². The fourth-order valence-electron chi connectivity index (χ4n) is 5.52. The molecule has 0 fully saturated rings. The quantitative estimate of drug-likeness (QED) is 0.0800. The fraction of sp³-hybridized carbons (Fsp3) is 0.189. The Morgan fingerprint density at radius 1 is 0.585 bits per heavy atom. The zero-order chi connectivity index (χ0) is 28.4. The maximum atomic E-state index is 6.23. The van der Waals surface area contributed by atoms with Gasteiger partial charge in [-0.3, -0.25) is 9.98 Å². The van der Waals surface area contributed by atoms with Crippen molar-refractivity contribution in [2.75, 3.05) is 6.61 Å². The van der Waals surface area contributed by atoms with Crippen LogP contribution in [-0.2, 0) is 4.43 Å². The zero-order valence-electron chi connectivity index (χ0n) is 24.3. The van der Waals surface area contributed by atoms with E-state index in [1.54, 1.807) is 0 Å². The Hall–Kier alpha value is -4.12. The molecular formula is C37H36N2OSi. The lowest BCUT2D eigenvalue weighted by atomic mass is 10.00. The molecule has 0 aliphatic carbocycles. The van der Waals surface area contributed by atoms with Crippen LogP contribution in [0.25, 0.3) is 43.1 Å². The van der Waals surface area contributed by atoms with Gasteiger partial charge in [0, 0.05) is 28.2 Å². The van der Waals surface area contributed by atoms with Gasteiger partial charge in [-0.25, -0.2) is 0 Å². The van der Waals surface area contributed by atoms with Crippen LogP contribution in [0.4, 0.5) is 11.4 Å². The second kappa shape index (κ2) is 11.4. The Labute approximate surface area is 243 Å². The van der Waals surface area contributed by atoms with E-state index in [0.29, 0.717) is 0 Å². The van der Waals surface area contributed by atoms with E-state index >= 15 is 0 Å². The topological polar surface area (TPSA) is 34.0 Å². The van der Waals surface area contributed by atoms with Crippen LogP contribution in [0.5, 0.6) is 0 Å². The lowest BCUT2D eigenvalue weighted by Crippen LogP contribution is -2.26. The molecular weight excluding hydrogens is 517 g/mol. The summed E-state index contributed by atoms with van der Waals surface area (Å²) in [5.41, 5.74) is 3.96. The first kappa shape index (κ1) is 27.1.